The molecule has 2 nitrogen and oxygen atoms in total. The number of nitrogens with zero attached hydrogens (tertiary/aromatic N) is 1. The number of aromatic nitrogens is 1. The number of benzene rings is 1. The molecule has 0 fully saturated rings. The van der Waals surface area contributed by atoms with Gasteiger partial charge in [-0.05, 0) is 30.5 Å². The van der Waals surface area contributed by atoms with Crippen molar-refractivity contribution in [3.8, 4) is 0 Å². The van der Waals surface area contributed by atoms with Gasteiger partial charge in [-0.15, -0.1) is 11.3 Å². The van der Waals surface area contributed by atoms with Crippen LogP contribution in [0.5, 0.6) is 0 Å². The van der Waals surface area contributed by atoms with Crippen molar-refractivity contribution >= 4 is 11.3 Å². The van der Waals surface area contributed by atoms with Crippen molar-refractivity contribution in [2.45, 2.75) is 39.3 Å². The largest absolute Gasteiger partial charge is 0.304 e. The number of thiazole rings is 1. The molecular formula is C15H19FN2S. The lowest BCUT2D eigenvalue weighted by atomic mass is 10.0. The summed E-state index contributed by atoms with van der Waals surface area (Å²) in [5.74, 6) is -0.189. The molecule has 1 aromatic carbocycles. The molecule has 1 unspecified atom stereocenters. The van der Waals surface area contributed by atoms with Gasteiger partial charge in [-0.25, -0.2) is 9.37 Å². The zero-order chi connectivity index (χ0) is 13.7. The van der Waals surface area contributed by atoms with Gasteiger partial charge in [0.1, 0.15) is 10.8 Å². The van der Waals surface area contributed by atoms with E-state index in [9.17, 15) is 4.39 Å². The van der Waals surface area contributed by atoms with Gasteiger partial charge in [-0.2, -0.15) is 0 Å². The fourth-order valence-electron chi connectivity index (χ4n) is 2.00. The molecule has 4 heteroatoms. The first-order chi connectivity index (χ1) is 9.22. The Morgan fingerprint density at radius 1 is 1.26 bits per heavy atom. The maximum Gasteiger partial charge on any atom is 0.123 e. The summed E-state index contributed by atoms with van der Waals surface area (Å²) >= 11 is 1.75. The van der Waals surface area contributed by atoms with E-state index >= 15 is 0 Å². The molecule has 0 bridgehead atoms. The first kappa shape index (κ1) is 14.2. The highest BCUT2D eigenvalue weighted by molar-refractivity contribution is 7.11. The van der Waals surface area contributed by atoms with Gasteiger partial charge in [0, 0.05) is 23.7 Å². The average Bonchev–Trinajstić information content (AvgIpc) is 2.89. The minimum absolute atomic E-state index is 0.189. The van der Waals surface area contributed by atoms with E-state index in [-0.39, 0.29) is 11.9 Å². The topological polar surface area (TPSA) is 24.9 Å². The number of halogens is 1. The smallest absolute Gasteiger partial charge is 0.123 e. The van der Waals surface area contributed by atoms with Crippen molar-refractivity contribution in [2.75, 3.05) is 0 Å². The van der Waals surface area contributed by atoms with Gasteiger partial charge in [-0.1, -0.05) is 26.0 Å². The molecule has 0 radical (unpaired) electrons. The van der Waals surface area contributed by atoms with Crippen molar-refractivity contribution in [1.82, 2.24) is 10.3 Å². The summed E-state index contributed by atoms with van der Waals surface area (Å²) in [6.45, 7) is 5.03. The molecule has 0 saturated carbocycles. The summed E-state index contributed by atoms with van der Waals surface area (Å²) in [5, 5.41) is 4.59. The number of hydrogen-bond acceptors (Lipinski definition) is 3. The van der Waals surface area contributed by atoms with E-state index in [1.807, 2.05) is 18.3 Å². The normalized spacial score (nSPS) is 12.6. The SMILES string of the molecule is CCc1cnc(CNC(CC)c2ccc(F)cc2)s1. The van der Waals surface area contributed by atoms with Gasteiger partial charge in [0.15, 0.2) is 0 Å². The summed E-state index contributed by atoms with van der Waals surface area (Å²) in [4.78, 5) is 5.71. The van der Waals surface area contributed by atoms with E-state index in [2.05, 4.69) is 24.1 Å². The highest BCUT2D eigenvalue weighted by atomic mass is 32.1. The lowest BCUT2D eigenvalue weighted by Crippen LogP contribution is -2.20. The first-order valence-electron chi connectivity index (χ1n) is 6.65. The number of aryl methyl sites for hydroxylation is 1. The van der Waals surface area contributed by atoms with E-state index in [1.165, 1.54) is 17.0 Å². The maximum absolute atomic E-state index is 12.9. The molecule has 0 saturated heterocycles. The fraction of sp³-hybridized carbons (Fsp3) is 0.400. The van der Waals surface area contributed by atoms with E-state index in [0.29, 0.717) is 0 Å². The maximum atomic E-state index is 12.9. The Balaban J connectivity index is 1.97. The van der Waals surface area contributed by atoms with Gasteiger partial charge in [0.25, 0.3) is 0 Å². The summed E-state index contributed by atoms with van der Waals surface area (Å²) < 4.78 is 12.9. The lowest BCUT2D eigenvalue weighted by Gasteiger charge is -2.16. The molecule has 1 aromatic heterocycles. The molecule has 0 amide bonds. The first-order valence-corrected chi connectivity index (χ1v) is 7.47. The predicted molar refractivity (Wildman–Crippen MR) is 77.8 cm³/mol. The van der Waals surface area contributed by atoms with Crippen LogP contribution in [-0.2, 0) is 13.0 Å². The van der Waals surface area contributed by atoms with Gasteiger partial charge in [0.2, 0.25) is 0 Å². The van der Waals surface area contributed by atoms with Crippen molar-refractivity contribution in [1.29, 1.82) is 0 Å². The average molecular weight is 278 g/mol. The Morgan fingerprint density at radius 3 is 2.58 bits per heavy atom. The highest BCUT2D eigenvalue weighted by Gasteiger charge is 2.10. The van der Waals surface area contributed by atoms with Crippen LogP contribution in [-0.4, -0.2) is 4.98 Å². The second-order valence-electron chi connectivity index (χ2n) is 4.47. The van der Waals surface area contributed by atoms with Crippen LogP contribution in [0.25, 0.3) is 0 Å². The van der Waals surface area contributed by atoms with Crippen molar-refractivity contribution in [3.63, 3.8) is 0 Å². The molecule has 1 atom stereocenters. The predicted octanol–water partition coefficient (Wildman–Crippen LogP) is 4.09. The Labute approximate surface area is 117 Å². The summed E-state index contributed by atoms with van der Waals surface area (Å²) in [7, 11) is 0. The third-order valence-electron chi connectivity index (χ3n) is 3.13. The molecular weight excluding hydrogens is 259 g/mol. The van der Waals surface area contributed by atoms with Crippen molar-refractivity contribution < 1.29 is 4.39 Å². The Kier molecular flexibility index (Phi) is 5.05. The van der Waals surface area contributed by atoms with Gasteiger partial charge in [0.05, 0.1) is 0 Å². The van der Waals surface area contributed by atoms with E-state index in [0.717, 1.165) is 30.0 Å². The van der Waals surface area contributed by atoms with Gasteiger partial charge >= 0.3 is 0 Å². The number of rotatable bonds is 6. The quantitative estimate of drug-likeness (QED) is 0.861. The van der Waals surface area contributed by atoms with Crippen LogP contribution in [0.15, 0.2) is 30.5 Å². The molecule has 19 heavy (non-hydrogen) atoms. The van der Waals surface area contributed by atoms with E-state index in [1.54, 1.807) is 11.3 Å². The minimum atomic E-state index is -0.189. The standard InChI is InChI=1S/C15H19FN2S/c1-3-13-9-18-15(19-13)10-17-14(4-2)11-5-7-12(16)8-6-11/h5-9,14,17H,3-4,10H2,1-2H3. The second kappa shape index (κ2) is 6.78. The third-order valence-corrected chi connectivity index (χ3v) is 4.27. The Bertz CT molecular complexity index is 507. The van der Waals surface area contributed by atoms with Crippen LogP contribution in [0.3, 0.4) is 0 Å². The molecule has 0 spiro atoms. The summed E-state index contributed by atoms with van der Waals surface area (Å²) in [6.07, 6.45) is 3.95. The molecule has 2 rings (SSSR count). The number of nitrogens with one attached hydrogen (secondary N) is 1. The van der Waals surface area contributed by atoms with Gasteiger partial charge < -0.3 is 5.32 Å². The van der Waals surface area contributed by atoms with E-state index < -0.39 is 0 Å². The molecule has 102 valence electrons. The highest BCUT2D eigenvalue weighted by Crippen LogP contribution is 2.19. The van der Waals surface area contributed by atoms with Crippen LogP contribution < -0.4 is 5.32 Å². The van der Waals surface area contributed by atoms with Crippen molar-refractivity contribution in [3.05, 3.63) is 51.7 Å². The monoisotopic (exact) mass is 278 g/mol. The third kappa shape index (κ3) is 3.85. The summed E-state index contributed by atoms with van der Waals surface area (Å²) in [5.41, 5.74) is 1.12. The van der Waals surface area contributed by atoms with Gasteiger partial charge in [-0.3, -0.25) is 0 Å². The van der Waals surface area contributed by atoms with Crippen LogP contribution in [0.2, 0.25) is 0 Å². The van der Waals surface area contributed by atoms with Crippen LogP contribution >= 0.6 is 11.3 Å². The molecule has 1 N–H and O–H groups in total. The Hall–Kier alpha value is -1.26. The zero-order valence-corrected chi connectivity index (χ0v) is 12.1. The molecule has 1 heterocycles. The molecule has 0 aliphatic carbocycles. The van der Waals surface area contributed by atoms with Crippen LogP contribution in [0.1, 0.15) is 41.8 Å². The van der Waals surface area contributed by atoms with Crippen LogP contribution in [0, 0.1) is 5.82 Å². The Morgan fingerprint density at radius 2 is 2.00 bits per heavy atom. The lowest BCUT2D eigenvalue weighted by molar-refractivity contribution is 0.516. The molecule has 2 aromatic rings. The fourth-order valence-corrected chi connectivity index (χ4v) is 2.81. The zero-order valence-electron chi connectivity index (χ0n) is 11.3. The summed E-state index contributed by atoms with van der Waals surface area (Å²) in [6, 6.07) is 6.96. The van der Waals surface area contributed by atoms with E-state index in [4.69, 9.17) is 0 Å². The molecule has 0 aliphatic rings. The minimum Gasteiger partial charge on any atom is -0.304 e. The molecule has 0 aliphatic heterocycles. The number of hydrogen-bond donors (Lipinski definition) is 1. The second-order valence-corrected chi connectivity index (χ2v) is 5.67. The van der Waals surface area contributed by atoms with Crippen molar-refractivity contribution in [2.24, 2.45) is 0 Å². The van der Waals surface area contributed by atoms with Crippen LogP contribution in [0.4, 0.5) is 4.39 Å².